The van der Waals surface area contributed by atoms with Gasteiger partial charge in [-0.25, -0.2) is 9.59 Å². The molecular weight excluding hydrogens is 334 g/mol. The maximum atomic E-state index is 12.6. The summed E-state index contributed by atoms with van der Waals surface area (Å²) in [7, 11) is 1.31. The topological polar surface area (TPSA) is 78.6 Å². The van der Waals surface area contributed by atoms with Gasteiger partial charge in [0.15, 0.2) is 0 Å². The summed E-state index contributed by atoms with van der Waals surface area (Å²) in [5.41, 5.74) is 2.57. The average Bonchev–Trinajstić information content (AvgIpc) is 3.08. The highest BCUT2D eigenvalue weighted by atomic mass is 16.5. The Morgan fingerprint density at radius 1 is 1.04 bits per heavy atom. The molecule has 0 aliphatic carbocycles. The molecule has 0 atom stereocenters. The van der Waals surface area contributed by atoms with Gasteiger partial charge in [-0.1, -0.05) is 47.6 Å². The number of carbonyl (C=O) groups is 2. The number of methoxy groups -OCH3 is 1. The standard InChI is InChI=1S/C20H17NO5/c1-13-17(18(21-26-13)15-8-4-3-5-9-15)20(23)25-12-14-7-6-10-16(11-14)19(22)24-2/h3-11H,12H2,1-2H3. The van der Waals surface area contributed by atoms with Crippen LogP contribution in [-0.4, -0.2) is 24.2 Å². The summed E-state index contributed by atoms with van der Waals surface area (Å²) >= 11 is 0. The first-order valence-electron chi connectivity index (χ1n) is 7.96. The lowest BCUT2D eigenvalue weighted by Gasteiger charge is -2.07. The van der Waals surface area contributed by atoms with Gasteiger partial charge in [0, 0.05) is 5.56 Å². The second-order valence-electron chi connectivity index (χ2n) is 5.60. The molecule has 0 aliphatic heterocycles. The van der Waals surface area contributed by atoms with E-state index in [1.807, 2.05) is 30.3 Å². The fourth-order valence-electron chi connectivity index (χ4n) is 2.53. The Hall–Kier alpha value is -3.41. The largest absolute Gasteiger partial charge is 0.465 e. The molecule has 0 unspecified atom stereocenters. The molecule has 1 heterocycles. The SMILES string of the molecule is COC(=O)c1cccc(COC(=O)c2c(-c3ccccc3)noc2C)c1. The van der Waals surface area contributed by atoms with Gasteiger partial charge in [-0.2, -0.15) is 0 Å². The second kappa shape index (κ2) is 7.65. The molecule has 132 valence electrons. The second-order valence-corrected chi connectivity index (χ2v) is 5.60. The van der Waals surface area contributed by atoms with E-state index in [0.29, 0.717) is 28.1 Å². The van der Waals surface area contributed by atoms with Gasteiger partial charge in [0.25, 0.3) is 0 Å². The van der Waals surface area contributed by atoms with Crippen molar-refractivity contribution >= 4 is 11.9 Å². The normalized spacial score (nSPS) is 10.4. The van der Waals surface area contributed by atoms with Gasteiger partial charge in [-0.15, -0.1) is 0 Å². The van der Waals surface area contributed by atoms with Crippen LogP contribution in [0.1, 0.15) is 32.0 Å². The smallest absolute Gasteiger partial charge is 0.344 e. The number of benzene rings is 2. The highest BCUT2D eigenvalue weighted by Gasteiger charge is 2.23. The minimum atomic E-state index is -0.536. The van der Waals surface area contributed by atoms with Crippen molar-refractivity contribution in [3.8, 4) is 11.3 Å². The number of rotatable bonds is 5. The Morgan fingerprint density at radius 3 is 2.54 bits per heavy atom. The van der Waals surface area contributed by atoms with Crippen molar-refractivity contribution in [2.24, 2.45) is 0 Å². The van der Waals surface area contributed by atoms with Gasteiger partial charge in [0.2, 0.25) is 0 Å². The van der Waals surface area contributed by atoms with E-state index < -0.39 is 11.9 Å². The third kappa shape index (κ3) is 3.64. The minimum Gasteiger partial charge on any atom is -0.465 e. The monoisotopic (exact) mass is 351 g/mol. The summed E-state index contributed by atoms with van der Waals surface area (Å²) < 4.78 is 15.3. The molecule has 0 N–H and O–H groups in total. The molecule has 3 rings (SSSR count). The first-order valence-corrected chi connectivity index (χ1v) is 7.96. The molecule has 3 aromatic rings. The molecule has 2 aromatic carbocycles. The fourth-order valence-corrected chi connectivity index (χ4v) is 2.53. The van der Waals surface area contributed by atoms with Crippen LogP contribution < -0.4 is 0 Å². The summed E-state index contributed by atoms with van der Waals surface area (Å²) in [5, 5.41) is 3.97. The van der Waals surface area contributed by atoms with Crippen molar-refractivity contribution in [3.05, 3.63) is 77.0 Å². The molecule has 0 bridgehead atoms. The number of esters is 2. The number of aryl methyl sites for hydroxylation is 1. The van der Waals surface area contributed by atoms with Gasteiger partial charge in [-0.05, 0) is 24.6 Å². The van der Waals surface area contributed by atoms with Crippen LogP contribution in [-0.2, 0) is 16.1 Å². The van der Waals surface area contributed by atoms with E-state index in [4.69, 9.17) is 9.26 Å². The molecule has 0 amide bonds. The van der Waals surface area contributed by atoms with E-state index in [1.165, 1.54) is 7.11 Å². The lowest BCUT2D eigenvalue weighted by Crippen LogP contribution is -2.08. The predicted molar refractivity (Wildman–Crippen MR) is 93.6 cm³/mol. The molecule has 0 fully saturated rings. The van der Waals surface area contributed by atoms with Gasteiger partial charge >= 0.3 is 11.9 Å². The third-order valence-electron chi connectivity index (χ3n) is 3.83. The van der Waals surface area contributed by atoms with Gasteiger partial charge in [0.1, 0.15) is 23.6 Å². The number of aromatic nitrogens is 1. The average molecular weight is 351 g/mol. The van der Waals surface area contributed by atoms with Crippen LogP contribution in [0.4, 0.5) is 0 Å². The Morgan fingerprint density at radius 2 is 1.81 bits per heavy atom. The zero-order valence-corrected chi connectivity index (χ0v) is 14.4. The summed E-state index contributed by atoms with van der Waals surface area (Å²) in [4.78, 5) is 24.1. The van der Waals surface area contributed by atoms with Crippen molar-refractivity contribution in [1.29, 1.82) is 0 Å². The molecule has 0 spiro atoms. The van der Waals surface area contributed by atoms with Gasteiger partial charge in [0.05, 0.1) is 12.7 Å². The van der Waals surface area contributed by atoms with Gasteiger partial charge < -0.3 is 14.0 Å². The van der Waals surface area contributed by atoms with Crippen LogP contribution in [0.2, 0.25) is 0 Å². The molecule has 0 radical (unpaired) electrons. The molecule has 0 saturated heterocycles. The summed E-state index contributed by atoms with van der Waals surface area (Å²) in [6.07, 6.45) is 0. The van der Waals surface area contributed by atoms with E-state index in [-0.39, 0.29) is 6.61 Å². The highest BCUT2D eigenvalue weighted by molar-refractivity contribution is 5.97. The van der Waals surface area contributed by atoms with Crippen molar-refractivity contribution in [2.45, 2.75) is 13.5 Å². The first kappa shape index (κ1) is 17.4. The maximum absolute atomic E-state index is 12.6. The van der Waals surface area contributed by atoms with Crippen LogP contribution in [0.5, 0.6) is 0 Å². The number of hydrogen-bond donors (Lipinski definition) is 0. The van der Waals surface area contributed by atoms with E-state index in [2.05, 4.69) is 9.89 Å². The number of ether oxygens (including phenoxy) is 2. The van der Waals surface area contributed by atoms with Crippen molar-refractivity contribution in [2.75, 3.05) is 7.11 Å². The Labute approximate surface area is 150 Å². The first-order chi connectivity index (χ1) is 12.6. The zero-order valence-electron chi connectivity index (χ0n) is 14.4. The van der Waals surface area contributed by atoms with Crippen LogP contribution in [0, 0.1) is 6.92 Å². The highest BCUT2D eigenvalue weighted by Crippen LogP contribution is 2.26. The predicted octanol–water partition coefficient (Wildman–Crippen LogP) is 3.79. The third-order valence-corrected chi connectivity index (χ3v) is 3.83. The molecule has 6 nitrogen and oxygen atoms in total. The Bertz CT molecular complexity index is 930. The number of hydrogen-bond acceptors (Lipinski definition) is 6. The van der Waals surface area contributed by atoms with E-state index in [1.54, 1.807) is 31.2 Å². The number of carbonyl (C=O) groups excluding carboxylic acids is 2. The molecular formula is C20H17NO5. The van der Waals surface area contributed by atoms with Crippen molar-refractivity contribution in [3.63, 3.8) is 0 Å². The lowest BCUT2D eigenvalue weighted by molar-refractivity contribution is 0.0471. The molecule has 0 saturated carbocycles. The Balaban J connectivity index is 1.78. The quantitative estimate of drug-likeness (QED) is 0.651. The molecule has 6 heteroatoms. The molecule has 1 aromatic heterocycles. The van der Waals surface area contributed by atoms with E-state index in [0.717, 1.165) is 5.56 Å². The summed E-state index contributed by atoms with van der Waals surface area (Å²) in [5.74, 6) is -0.595. The van der Waals surface area contributed by atoms with Crippen LogP contribution in [0.3, 0.4) is 0 Å². The fraction of sp³-hybridized carbons (Fsp3) is 0.150. The zero-order chi connectivity index (χ0) is 18.5. The maximum Gasteiger partial charge on any atom is 0.344 e. The Kier molecular flexibility index (Phi) is 5.12. The number of nitrogens with zero attached hydrogens (tertiary/aromatic N) is 1. The van der Waals surface area contributed by atoms with E-state index >= 15 is 0 Å². The summed E-state index contributed by atoms with van der Waals surface area (Å²) in [6.45, 7) is 1.68. The van der Waals surface area contributed by atoms with Crippen LogP contribution in [0.15, 0.2) is 59.1 Å². The lowest BCUT2D eigenvalue weighted by atomic mass is 10.1. The molecule has 26 heavy (non-hydrogen) atoms. The van der Waals surface area contributed by atoms with Crippen molar-refractivity contribution < 1.29 is 23.6 Å². The summed E-state index contributed by atoms with van der Waals surface area (Å²) in [6, 6.07) is 16.0. The molecule has 0 aliphatic rings. The minimum absolute atomic E-state index is 0.0164. The van der Waals surface area contributed by atoms with Gasteiger partial charge in [-0.3, -0.25) is 0 Å². The van der Waals surface area contributed by atoms with Crippen LogP contribution >= 0.6 is 0 Å². The van der Waals surface area contributed by atoms with E-state index in [9.17, 15) is 9.59 Å². The van der Waals surface area contributed by atoms with Crippen LogP contribution in [0.25, 0.3) is 11.3 Å². The van der Waals surface area contributed by atoms with Crippen molar-refractivity contribution in [1.82, 2.24) is 5.16 Å².